The van der Waals surface area contributed by atoms with Gasteiger partial charge in [-0.1, -0.05) is 42.8 Å². The summed E-state index contributed by atoms with van der Waals surface area (Å²) in [6.07, 6.45) is 0.968. The van der Waals surface area contributed by atoms with Gasteiger partial charge in [-0.05, 0) is 35.4 Å². The maximum Gasteiger partial charge on any atom is 0.248 e. The van der Waals surface area contributed by atoms with E-state index in [0.29, 0.717) is 22.3 Å². The van der Waals surface area contributed by atoms with Gasteiger partial charge >= 0.3 is 0 Å². The van der Waals surface area contributed by atoms with Crippen LogP contribution in [0.15, 0.2) is 42.5 Å². The van der Waals surface area contributed by atoms with Gasteiger partial charge in [0.2, 0.25) is 11.7 Å². The lowest BCUT2D eigenvalue weighted by Crippen LogP contribution is -2.20. The Morgan fingerprint density at radius 3 is 2.65 bits per heavy atom. The van der Waals surface area contributed by atoms with Crippen LogP contribution in [0.1, 0.15) is 12.5 Å². The molecule has 1 heterocycles. The van der Waals surface area contributed by atoms with Crippen LogP contribution in [-0.4, -0.2) is 33.2 Å². The van der Waals surface area contributed by atoms with E-state index in [9.17, 15) is 4.79 Å². The summed E-state index contributed by atoms with van der Waals surface area (Å²) in [6.45, 7) is 2.04. The molecule has 2 aromatic carbocycles. The molecule has 0 aliphatic carbocycles. The number of aromatic nitrogens is 4. The van der Waals surface area contributed by atoms with Crippen molar-refractivity contribution in [3.8, 4) is 17.1 Å². The topological polar surface area (TPSA) is 81.9 Å². The van der Waals surface area contributed by atoms with Crippen LogP contribution in [0, 0.1) is 0 Å². The van der Waals surface area contributed by atoms with E-state index >= 15 is 0 Å². The van der Waals surface area contributed by atoms with Crippen molar-refractivity contribution < 1.29 is 9.53 Å². The van der Waals surface area contributed by atoms with Crippen molar-refractivity contribution in [1.29, 1.82) is 0 Å². The molecule has 0 saturated carbocycles. The van der Waals surface area contributed by atoms with E-state index in [1.165, 1.54) is 17.5 Å². The highest BCUT2D eigenvalue weighted by molar-refractivity contribution is 6.32. The first kappa shape index (κ1) is 17.9. The third-order valence-electron chi connectivity index (χ3n) is 3.79. The highest BCUT2D eigenvalue weighted by Gasteiger charge is 2.10. The van der Waals surface area contributed by atoms with Gasteiger partial charge in [0.1, 0.15) is 12.3 Å². The lowest BCUT2D eigenvalue weighted by molar-refractivity contribution is -0.117. The van der Waals surface area contributed by atoms with Gasteiger partial charge in [0.15, 0.2) is 0 Å². The SMILES string of the molecule is CCc1ccc(-c2nnn(CC(=O)Nc3ccc(OC)c(Cl)c3)n2)cc1. The number of rotatable bonds is 6. The number of methoxy groups -OCH3 is 1. The van der Waals surface area contributed by atoms with Gasteiger partial charge in [-0.2, -0.15) is 4.80 Å². The number of halogens is 1. The van der Waals surface area contributed by atoms with Gasteiger partial charge in [0.25, 0.3) is 0 Å². The lowest BCUT2D eigenvalue weighted by atomic mass is 10.1. The highest BCUT2D eigenvalue weighted by Crippen LogP contribution is 2.27. The first-order valence-electron chi connectivity index (χ1n) is 8.09. The smallest absolute Gasteiger partial charge is 0.248 e. The van der Waals surface area contributed by atoms with Crippen LogP contribution in [0.2, 0.25) is 5.02 Å². The Morgan fingerprint density at radius 1 is 1.23 bits per heavy atom. The number of nitrogens with zero attached hydrogens (tertiary/aromatic N) is 4. The molecular weight excluding hydrogens is 354 g/mol. The lowest BCUT2D eigenvalue weighted by Gasteiger charge is -2.07. The number of carbonyl (C=O) groups is 1. The first-order chi connectivity index (χ1) is 12.6. The summed E-state index contributed by atoms with van der Waals surface area (Å²) in [5.41, 5.74) is 2.66. The van der Waals surface area contributed by atoms with E-state index in [1.807, 2.05) is 24.3 Å². The normalized spacial score (nSPS) is 10.6. The molecule has 0 atom stereocenters. The van der Waals surface area contributed by atoms with Gasteiger partial charge in [0.05, 0.1) is 12.1 Å². The van der Waals surface area contributed by atoms with Crippen LogP contribution >= 0.6 is 11.6 Å². The Bertz CT molecular complexity index is 908. The molecule has 7 nitrogen and oxygen atoms in total. The Kier molecular flexibility index (Phi) is 5.48. The zero-order chi connectivity index (χ0) is 18.5. The largest absolute Gasteiger partial charge is 0.495 e. The Morgan fingerprint density at radius 2 is 2.00 bits per heavy atom. The van der Waals surface area contributed by atoms with Crippen LogP contribution in [0.25, 0.3) is 11.4 Å². The molecule has 0 bridgehead atoms. The summed E-state index contributed by atoms with van der Waals surface area (Å²) in [6, 6.07) is 12.9. The molecule has 0 fully saturated rings. The first-order valence-corrected chi connectivity index (χ1v) is 8.47. The molecule has 0 radical (unpaired) electrons. The molecule has 0 spiro atoms. The molecule has 26 heavy (non-hydrogen) atoms. The minimum atomic E-state index is -0.281. The second kappa shape index (κ2) is 7.97. The molecule has 1 aromatic heterocycles. The average Bonchev–Trinajstić information content (AvgIpc) is 3.10. The Labute approximate surface area is 155 Å². The maximum atomic E-state index is 12.2. The summed E-state index contributed by atoms with van der Waals surface area (Å²) in [7, 11) is 1.53. The second-order valence-corrected chi connectivity index (χ2v) is 6.00. The molecule has 134 valence electrons. The minimum Gasteiger partial charge on any atom is -0.495 e. The minimum absolute atomic E-state index is 0.0519. The fourth-order valence-corrected chi connectivity index (χ4v) is 2.65. The van der Waals surface area contributed by atoms with Gasteiger partial charge in [-0.3, -0.25) is 4.79 Å². The van der Waals surface area contributed by atoms with Crippen molar-refractivity contribution >= 4 is 23.2 Å². The van der Waals surface area contributed by atoms with E-state index in [2.05, 4.69) is 27.7 Å². The van der Waals surface area contributed by atoms with Crippen LogP contribution in [0.5, 0.6) is 5.75 Å². The number of hydrogen-bond acceptors (Lipinski definition) is 5. The summed E-state index contributed by atoms with van der Waals surface area (Å²) in [5, 5.41) is 15.3. The number of benzene rings is 2. The molecule has 8 heteroatoms. The number of carbonyl (C=O) groups excluding carboxylic acids is 1. The third kappa shape index (κ3) is 4.18. The number of anilines is 1. The van der Waals surface area contributed by atoms with E-state index in [-0.39, 0.29) is 12.5 Å². The van der Waals surface area contributed by atoms with Crippen LogP contribution in [-0.2, 0) is 17.8 Å². The van der Waals surface area contributed by atoms with Crippen LogP contribution in [0.3, 0.4) is 0 Å². The molecule has 0 saturated heterocycles. The maximum absolute atomic E-state index is 12.2. The summed E-state index contributed by atoms with van der Waals surface area (Å²) < 4.78 is 5.08. The van der Waals surface area contributed by atoms with E-state index in [4.69, 9.17) is 16.3 Å². The van der Waals surface area contributed by atoms with Gasteiger partial charge < -0.3 is 10.1 Å². The molecule has 0 aliphatic rings. The quantitative estimate of drug-likeness (QED) is 0.719. The van der Waals surface area contributed by atoms with Crippen molar-refractivity contribution in [3.63, 3.8) is 0 Å². The molecule has 3 aromatic rings. The van der Waals surface area contributed by atoms with Crippen LogP contribution in [0.4, 0.5) is 5.69 Å². The standard InChI is InChI=1S/C18H18ClN5O2/c1-3-12-4-6-13(7-5-12)18-21-23-24(22-18)11-17(25)20-14-8-9-16(26-2)15(19)10-14/h4-10H,3,11H2,1-2H3,(H,20,25). The summed E-state index contributed by atoms with van der Waals surface area (Å²) >= 11 is 6.05. The Balaban J connectivity index is 1.64. The fourth-order valence-electron chi connectivity index (χ4n) is 2.39. The number of hydrogen-bond donors (Lipinski definition) is 1. The van der Waals surface area contributed by atoms with Crippen molar-refractivity contribution in [1.82, 2.24) is 20.2 Å². The number of nitrogens with one attached hydrogen (secondary N) is 1. The van der Waals surface area contributed by atoms with E-state index in [0.717, 1.165) is 12.0 Å². The predicted octanol–water partition coefficient (Wildman–Crippen LogP) is 3.20. The average molecular weight is 372 g/mol. The van der Waals surface area contributed by atoms with Crippen LogP contribution < -0.4 is 10.1 Å². The molecule has 1 amide bonds. The monoisotopic (exact) mass is 371 g/mol. The zero-order valence-corrected chi connectivity index (χ0v) is 15.2. The molecule has 1 N–H and O–H groups in total. The molecular formula is C18H18ClN5O2. The molecule has 3 rings (SSSR count). The van der Waals surface area contributed by atoms with E-state index < -0.39 is 0 Å². The van der Waals surface area contributed by atoms with Crippen molar-refractivity contribution in [2.45, 2.75) is 19.9 Å². The van der Waals surface area contributed by atoms with Gasteiger partial charge in [-0.15, -0.1) is 10.2 Å². The summed E-state index contributed by atoms with van der Waals surface area (Å²) in [5.74, 6) is 0.741. The Hall–Kier alpha value is -2.93. The number of ether oxygens (including phenoxy) is 1. The molecule has 0 aliphatic heterocycles. The van der Waals surface area contributed by atoms with Crippen molar-refractivity contribution in [2.75, 3.05) is 12.4 Å². The zero-order valence-electron chi connectivity index (χ0n) is 14.4. The number of aryl methyl sites for hydroxylation is 1. The predicted molar refractivity (Wildman–Crippen MR) is 99.3 cm³/mol. The second-order valence-electron chi connectivity index (χ2n) is 5.59. The van der Waals surface area contributed by atoms with Crippen molar-refractivity contribution in [3.05, 3.63) is 53.1 Å². The summed E-state index contributed by atoms with van der Waals surface area (Å²) in [4.78, 5) is 13.4. The fraction of sp³-hybridized carbons (Fsp3) is 0.222. The van der Waals surface area contributed by atoms with Gasteiger partial charge in [0, 0.05) is 11.3 Å². The van der Waals surface area contributed by atoms with Gasteiger partial charge in [-0.25, -0.2) is 0 Å². The van der Waals surface area contributed by atoms with E-state index in [1.54, 1.807) is 18.2 Å². The highest BCUT2D eigenvalue weighted by atomic mass is 35.5. The number of amides is 1. The molecule has 0 unspecified atom stereocenters. The number of tetrazole rings is 1. The third-order valence-corrected chi connectivity index (χ3v) is 4.09. The van der Waals surface area contributed by atoms with Crippen molar-refractivity contribution in [2.24, 2.45) is 0 Å².